The zero-order valence-electron chi connectivity index (χ0n) is 20.6. The second-order valence-corrected chi connectivity index (χ2v) is 10.0. The Balaban J connectivity index is 1.14. The Morgan fingerprint density at radius 1 is 1.13 bits per heavy atom. The number of aliphatic hydroxyl groups is 1. The minimum absolute atomic E-state index is 0.140. The number of aromatic nitrogens is 6. The van der Waals surface area contributed by atoms with Crippen molar-refractivity contribution in [1.82, 2.24) is 29.3 Å². The third-order valence-corrected chi connectivity index (χ3v) is 7.73. The molecule has 0 spiro atoms. The Bertz CT molecular complexity index is 1660. The van der Waals surface area contributed by atoms with Crippen LogP contribution in [0.15, 0.2) is 61.3 Å². The summed E-state index contributed by atoms with van der Waals surface area (Å²) >= 11 is 0. The third-order valence-electron chi connectivity index (χ3n) is 7.73. The van der Waals surface area contributed by atoms with Gasteiger partial charge in [0.2, 0.25) is 5.91 Å². The van der Waals surface area contributed by atoms with Gasteiger partial charge in [-0.05, 0) is 49.6 Å². The monoisotopic (exact) mass is 509 g/mol. The molecule has 1 aliphatic carbocycles. The summed E-state index contributed by atoms with van der Waals surface area (Å²) in [7, 11) is 0. The molecule has 2 fully saturated rings. The van der Waals surface area contributed by atoms with Crippen LogP contribution in [0.5, 0.6) is 0 Å². The SMILES string of the molecule is Nc1ncnc2c1c(-n1cccn1)cn2[C@@H]1C[C@H](C(=O)Nc2ccc3ccc(N4CCC4)nc3c2)[C@@H](O)C1. The fourth-order valence-corrected chi connectivity index (χ4v) is 5.59. The lowest BCUT2D eigenvalue weighted by Gasteiger charge is -2.32. The summed E-state index contributed by atoms with van der Waals surface area (Å²) in [5.41, 5.74) is 9.12. The van der Waals surface area contributed by atoms with E-state index >= 15 is 0 Å². The van der Waals surface area contributed by atoms with Gasteiger partial charge in [-0.1, -0.05) is 6.07 Å². The van der Waals surface area contributed by atoms with Gasteiger partial charge in [0.25, 0.3) is 0 Å². The zero-order chi connectivity index (χ0) is 25.8. The Labute approximate surface area is 217 Å². The lowest BCUT2D eigenvalue weighted by molar-refractivity contribution is -0.122. The third kappa shape index (κ3) is 3.74. The number of hydrogen-bond donors (Lipinski definition) is 3. The molecule has 3 atom stereocenters. The Hall–Kier alpha value is -4.51. The largest absolute Gasteiger partial charge is 0.392 e. The number of nitrogens with one attached hydrogen (secondary N) is 1. The van der Waals surface area contributed by atoms with Crippen molar-refractivity contribution in [3.05, 3.63) is 61.3 Å². The van der Waals surface area contributed by atoms with E-state index in [2.05, 4.69) is 31.3 Å². The highest BCUT2D eigenvalue weighted by molar-refractivity contribution is 5.96. The number of hydrogen-bond acceptors (Lipinski definition) is 8. The summed E-state index contributed by atoms with van der Waals surface area (Å²) in [5, 5.41) is 20.0. The van der Waals surface area contributed by atoms with Crippen LogP contribution in [0.2, 0.25) is 0 Å². The zero-order valence-corrected chi connectivity index (χ0v) is 20.6. The smallest absolute Gasteiger partial charge is 0.230 e. The number of carbonyl (C=O) groups is 1. The molecule has 5 aromatic rings. The maximum Gasteiger partial charge on any atom is 0.230 e. The molecular formula is C27H27N9O2. The predicted molar refractivity (Wildman–Crippen MR) is 144 cm³/mol. The maximum absolute atomic E-state index is 13.3. The van der Waals surface area contributed by atoms with Crippen molar-refractivity contribution >= 4 is 45.2 Å². The van der Waals surface area contributed by atoms with Gasteiger partial charge in [0, 0.05) is 48.8 Å². The quantitative estimate of drug-likeness (QED) is 0.329. The van der Waals surface area contributed by atoms with Crippen LogP contribution in [0.1, 0.15) is 25.3 Å². The number of amides is 1. The topological polar surface area (TPSA) is 140 Å². The molecule has 0 radical (unpaired) electrons. The van der Waals surface area contributed by atoms with E-state index in [-0.39, 0.29) is 11.9 Å². The van der Waals surface area contributed by atoms with Crippen LogP contribution in [-0.2, 0) is 4.79 Å². The van der Waals surface area contributed by atoms with Crippen molar-refractivity contribution in [3.8, 4) is 5.69 Å². The van der Waals surface area contributed by atoms with Crippen LogP contribution in [0.3, 0.4) is 0 Å². The molecule has 1 saturated heterocycles. The summed E-state index contributed by atoms with van der Waals surface area (Å²) in [6.45, 7) is 2.04. The molecule has 11 nitrogen and oxygen atoms in total. The summed E-state index contributed by atoms with van der Waals surface area (Å²) in [5.74, 6) is 0.533. The van der Waals surface area contributed by atoms with Gasteiger partial charge in [0.15, 0.2) is 0 Å². The number of pyridine rings is 1. The van der Waals surface area contributed by atoms with Gasteiger partial charge in [-0.25, -0.2) is 19.6 Å². The van der Waals surface area contributed by atoms with Crippen LogP contribution >= 0.6 is 0 Å². The summed E-state index contributed by atoms with van der Waals surface area (Å²) < 4.78 is 3.70. The second kappa shape index (κ2) is 8.80. The van der Waals surface area contributed by atoms with Gasteiger partial charge >= 0.3 is 0 Å². The van der Waals surface area contributed by atoms with Crippen LogP contribution < -0.4 is 16.0 Å². The molecule has 1 aliphatic heterocycles. The second-order valence-electron chi connectivity index (χ2n) is 10.0. The number of nitrogens with zero attached hydrogens (tertiary/aromatic N) is 7. The predicted octanol–water partition coefficient (Wildman–Crippen LogP) is 2.91. The summed E-state index contributed by atoms with van der Waals surface area (Å²) in [6, 6.07) is 11.5. The van der Waals surface area contributed by atoms with Crippen molar-refractivity contribution in [2.45, 2.75) is 31.4 Å². The first kappa shape index (κ1) is 22.7. The van der Waals surface area contributed by atoms with Gasteiger partial charge in [0.05, 0.1) is 28.6 Å². The normalized spacial score (nSPS) is 21.2. The highest BCUT2D eigenvalue weighted by Gasteiger charge is 2.39. The standard InChI is InChI=1S/C27H27N9O2/c28-25-24-21(36-10-1-7-31-36)14-35(26(24)30-15-29-25)18-12-19(22(37)13-18)27(38)32-17-5-3-16-4-6-23(33-20(16)11-17)34-8-2-9-34/h1,3-7,10-11,14-15,18-19,22,37H,2,8-9,12-13H2,(H,32,38)(H2,28,29,30)/t18-,19+,22+/m1/s1. The van der Waals surface area contributed by atoms with Crippen molar-refractivity contribution in [3.63, 3.8) is 0 Å². The molecule has 0 unspecified atom stereocenters. The number of rotatable bonds is 5. The van der Waals surface area contributed by atoms with Crippen LogP contribution in [0.25, 0.3) is 27.6 Å². The van der Waals surface area contributed by atoms with Crippen molar-refractivity contribution in [2.24, 2.45) is 5.92 Å². The van der Waals surface area contributed by atoms with E-state index < -0.39 is 12.0 Å². The first-order valence-electron chi connectivity index (χ1n) is 12.8. The van der Waals surface area contributed by atoms with Crippen LogP contribution in [0, 0.1) is 5.92 Å². The van der Waals surface area contributed by atoms with E-state index in [1.165, 1.54) is 12.7 Å². The molecule has 4 aromatic heterocycles. The summed E-state index contributed by atoms with van der Waals surface area (Å²) in [4.78, 5) is 29.0. The molecule has 11 heteroatoms. The molecule has 5 heterocycles. The van der Waals surface area contributed by atoms with E-state index in [4.69, 9.17) is 10.7 Å². The summed E-state index contributed by atoms with van der Waals surface area (Å²) in [6.07, 6.45) is 8.15. The fraction of sp³-hybridized carbons (Fsp3) is 0.296. The van der Waals surface area contributed by atoms with Gasteiger partial charge in [-0.3, -0.25) is 4.79 Å². The molecule has 1 saturated carbocycles. The fourth-order valence-electron chi connectivity index (χ4n) is 5.59. The number of benzene rings is 1. The van der Waals surface area contributed by atoms with E-state index in [1.807, 2.05) is 47.3 Å². The minimum Gasteiger partial charge on any atom is -0.392 e. The first-order chi connectivity index (χ1) is 18.5. The molecule has 2 aliphatic rings. The number of nitrogens with two attached hydrogens (primary N) is 1. The number of carbonyl (C=O) groups excluding carboxylic acids is 1. The van der Waals surface area contributed by atoms with Gasteiger partial charge in [0.1, 0.15) is 23.6 Å². The average molecular weight is 510 g/mol. The van der Waals surface area contributed by atoms with E-state index in [0.717, 1.165) is 35.5 Å². The molecule has 1 aromatic carbocycles. The minimum atomic E-state index is -0.790. The first-order valence-corrected chi connectivity index (χ1v) is 12.8. The molecule has 1 amide bonds. The van der Waals surface area contributed by atoms with Gasteiger partial charge in [-0.2, -0.15) is 5.10 Å². The average Bonchev–Trinajstić information content (AvgIpc) is 3.61. The molecule has 192 valence electrons. The number of anilines is 3. The van der Waals surface area contributed by atoms with E-state index in [9.17, 15) is 9.90 Å². The highest BCUT2D eigenvalue weighted by Crippen LogP contribution is 2.39. The van der Waals surface area contributed by atoms with Crippen molar-refractivity contribution in [2.75, 3.05) is 29.0 Å². The molecule has 4 N–H and O–H groups in total. The number of aliphatic hydroxyl groups excluding tert-OH is 1. The van der Waals surface area contributed by atoms with E-state index in [1.54, 1.807) is 10.9 Å². The molecule has 7 rings (SSSR count). The number of nitrogen functional groups attached to an aromatic ring is 1. The molecule has 0 bridgehead atoms. The van der Waals surface area contributed by atoms with Crippen LogP contribution in [-0.4, -0.2) is 59.5 Å². The molecule has 38 heavy (non-hydrogen) atoms. The maximum atomic E-state index is 13.3. The van der Waals surface area contributed by atoms with Crippen molar-refractivity contribution < 1.29 is 9.90 Å². The Kier molecular flexibility index (Phi) is 5.25. The van der Waals surface area contributed by atoms with Gasteiger partial charge < -0.3 is 25.6 Å². The highest BCUT2D eigenvalue weighted by atomic mass is 16.3. The number of fused-ring (bicyclic) bond motifs is 2. The Morgan fingerprint density at radius 3 is 2.79 bits per heavy atom. The van der Waals surface area contributed by atoms with Crippen LogP contribution in [0.4, 0.5) is 17.3 Å². The van der Waals surface area contributed by atoms with Gasteiger partial charge in [-0.15, -0.1) is 0 Å². The van der Waals surface area contributed by atoms with Crippen molar-refractivity contribution in [1.29, 1.82) is 0 Å². The lowest BCUT2D eigenvalue weighted by Crippen LogP contribution is -2.37. The molecular weight excluding hydrogens is 482 g/mol. The van der Waals surface area contributed by atoms with E-state index in [0.29, 0.717) is 35.4 Å². The Morgan fingerprint density at radius 2 is 2.00 bits per heavy atom. The lowest BCUT2D eigenvalue weighted by atomic mass is 10.0.